The second-order valence-electron chi connectivity index (χ2n) is 5.38. The SMILES string of the molecule is CCCNC(c1ccccc1F)C(CC)c1ccccc1. The lowest BCUT2D eigenvalue weighted by molar-refractivity contribution is 0.419. The summed E-state index contributed by atoms with van der Waals surface area (Å²) < 4.78 is 14.2. The van der Waals surface area contributed by atoms with E-state index >= 15 is 0 Å². The second kappa shape index (κ2) is 7.94. The summed E-state index contributed by atoms with van der Waals surface area (Å²) >= 11 is 0. The molecule has 0 aromatic heterocycles. The third-order valence-corrected chi connectivity index (χ3v) is 3.92. The van der Waals surface area contributed by atoms with Crippen LogP contribution >= 0.6 is 0 Å². The van der Waals surface area contributed by atoms with Gasteiger partial charge in [-0.3, -0.25) is 0 Å². The van der Waals surface area contributed by atoms with E-state index in [4.69, 9.17) is 0 Å². The van der Waals surface area contributed by atoms with Crippen LogP contribution in [0, 0.1) is 5.82 Å². The largest absolute Gasteiger partial charge is 0.309 e. The Hall–Kier alpha value is -1.67. The summed E-state index contributed by atoms with van der Waals surface area (Å²) in [4.78, 5) is 0. The van der Waals surface area contributed by atoms with E-state index in [0.717, 1.165) is 24.9 Å². The number of hydrogen-bond acceptors (Lipinski definition) is 1. The maximum atomic E-state index is 14.2. The zero-order chi connectivity index (χ0) is 15.1. The molecule has 0 aliphatic rings. The fourth-order valence-corrected chi connectivity index (χ4v) is 2.86. The highest BCUT2D eigenvalue weighted by molar-refractivity contribution is 5.29. The molecule has 2 aromatic rings. The minimum absolute atomic E-state index is 0.0125. The highest BCUT2D eigenvalue weighted by atomic mass is 19.1. The minimum atomic E-state index is -0.125. The summed E-state index contributed by atoms with van der Waals surface area (Å²) in [7, 11) is 0. The van der Waals surface area contributed by atoms with Crippen molar-refractivity contribution in [3.63, 3.8) is 0 Å². The van der Waals surface area contributed by atoms with E-state index in [1.165, 1.54) is 5.56 Å². The van der Waals surface area contributed by atoms with Crippen LogP contribution < -0.4 is 5.32 Å². The Labute approximate surface area is 127 Å². The molecule has 2 heteroatoms. The molecule has 0 bridgehead atoms. The van der Waals surface area contributed by atoms with Gasteiger partial charge in [-0.1, -0.05) is 62.4 Å². The fourth-order valence-electron chi connectivity index (χ4n) is 2.86. The Bertz CT molecular complexity index is 538. The van der Waals surface area contributed by atoms with Crippen LogP contribution in [0.15, 0.2) is 54.6 Å². The Morgan fingerprint density at radius 1 is 0.952 bits per heavy atom. The van der Waals surface area contributed by atoms with Crippen LogP contribution in [0.4, 0.5) is 4.39 Å². The van der Waals surface area contributed by atoms with Gasteiger partial charge in [0.2, 0.25) is 0 Å². The molecule has 21 heavy (non-hydrogen) atoms. The van der Waals surface area contributed by atoms with Crippen LogP contribution in [-0.4, -0.2) is 6.54 Å². The molecule has 0 aliphatic carbocycles. The normalized spacial score (nSPS) is 13.9. The monoisotopic (exact) mass is 285 g/mol. The molecule has 0 radical (unpaired) electrons. The van der Waals surface area contributed by atoms with Gasteiger partial charge in [-0.05, 0) is 31.0 Å². The molecule has 0 saturated heterocycles. The first-order valence-corrected chi connectivity index (χ1v) is 7.80. The van der Waals surface area contributed by atoms with E-state index in [1.54, 1.807) is 12.1 Å². The van der Waals surface area contributed by atoms with Crippen molar-refractivity contribution in [1.82, 2.24) is 5.32 Å². The summed E-state index contributed by atoms with van der Waals surface area (Å²) in [6, 6.07) is 17.5. The van der Waals surface area contributed by atoms with E-state index < -0.39 is 0 Å². The summed E-state index contributed by atoms with van der Waals surface area (Å²) in [5.41, 5.74) is 2.03. The van der Waals surface area contributed by atoms with Crippen molar-refractivity contribution in [3.05, 3.63) is 71.5 Å². The first-order valence-electron chi connectivity index (χ1n) is 7.80. The van der Waals surface area contributed by atoms with Crippen molar-refractivity contribution < 1.29 is 4.39 Å². The average Bonchev–Trinajstić information content (AvgIpc) is 2.53. The van der Waals surface area contributed by atoms with Crippen molar-refractivity contribution in [2.45, 2.75) is 38.6 Å². The molecule has 0 amide bonds. The van der Waals surface area contributed by atoms with Crippen molar-refractivity contribution in [1.29, 1.82) is 0 Å². The van der Waals surface area contributed by atoms with E-state index in [1.807, 2.05) is 18.2 Å². The Morgan fingerprint density at radius 2 is 1.62 bits per heavy atom. The minimum Gasteiger partial charge on any atom is -0.309 e. The lowest BCUT2D eigenvalue weighted by Gasteiger charge is -2.28. The molecule has 2 unspecified atom stereocenters. The van der Waals surface area contributed by atoms with Gasteiger partial charge in [0.25, 0.3) is 0 Å². The van der Waals surface area contributed by atoms with Gasteiger partial charge in [-0.25, -0.2) is 4.39 Å². The molecule has 0 heterocycles. The van der Waals surface area contributed by atoms with Gasteiger partial charge in [0.1, 0.15) is 5.82 Å². The topological polar surface area (TPSA) is 12.0 Å². The highest BCUT2D eigenvalue weighted by Gasteiger charge is 2.24. The molecule has 0 fully saturated rings. The molecule has 2 rings (SSSR count). The molecule has 2 aromatic carbocycles. The predicted molar refractivity (Wildman–Crippen MR) is 86.9 cm³/mol. The molecular formula is C19H24FN. The van der Waals surface area contributed by atoms with Crippen molar-refractivity contribution in [3.8, 4) is 0 Å². The molecule has 112 valence electrons. The van der Waals surface area contributed by atoms with Crippen LogP contribution in [0.5, 0.6) is 0 Å². The zero-order valence-electron chi connectivity index (χ0n) is 12.9. The lowest BCUT2D eigenvalue weighted by Crippen LogP contribution is -2.28. The van der Waals surface area contributed by atoms with Gasteiger partial charge in [-0.2, -0.15) is 0 Å². The van der Waals surface area contributed by atoms with Gasteiger partial charge in [-0.15, -0.1) is 0 Å². The second-order valence-corrected chi connectivity index (χ2v) is 5.38. The molecule has 0 saturated carbocycles. The van der Waals surface area contributed by atoms with Crippen molar-refractivity contribution >= 4 is 0 Å². The summed E-state index contributed by atoms with van der Waals surface area (Å²) in [6.07, 6.45) is 2.01. The lowest BCUT2D eigenvalue weighted by atomic mass is 9.85. The first kappa shape index (κ1) is 15.7. The van der Waals surface area contributed by atoms with E-state index in [0.29, 0.717) is 0 Å². The average molecular weight is 285 g/mol. The van der Waals surface area contributed by atoms with Crippen molar-refractivity contribution in [2.24, 2.45) is 0 Å². The Morgan fingerprint density at radius 3 is 2.24 bits per heavy atom. The highest BCUT2D eigenvalue weighted by Crippen LogP contribution is 2.34. The van der Waals surface area contributed by atoms with Crippen LogP contribution in [-0.2, 0) is 0 Å². The summed E-state index contributed by atoms with van der Waals surface area (Å²) in [5, 5.41) is 3.54. The molecule has 1 N–H and O–H groups in total. The molecule has 0 aliphatic heterocycles. The van der Waals surface area contributed by atoms with Gasteiger partial charge < -0.3 is 5.32 Å². The van der Waals surface area contributed by atoms with Crippen LogP contribution in [0.1, 0.15) is 49.8 Å². The van der Waals surface area contributed by atoms with Gasteiger partial charge >= 0.3 is 0 Å². The zero-order valence-corrected chi connectivity index (χ0v) is 12.9. The first-order chi connectivity index (χ1) is 10.3. The number of nitrogens with one attached hydrogen (secondary N) is 1. The van der Waals surface area contributed by atoms with Gasteiger partial charge in [0, 0.05) is 17.5 Å². The van der Waals surface area contributed by atoms with E-state index in [-0.39, 0.29) is 17.8 Å². The third kappa shape index (κ3) is 3.92. The molecule has 2 atom stereocenters. The third-order valence-electron chi connectivity index (χ3n) is 3.92. The molecule has 1 nitrogen and oxygen atoms in total. The Balaban J connectivity index is 2.36. The van der Waals surface area contributed by atoms with Crippen LogP contribution in [0.3, 0.4) is 0 Å². The van der Waals surface area contributed by atoms with E-state index in [9.17, 15) is 4.39 Å². The van der Waals surface area contributed by atoms with Crippen LogP contribution in [0.2, 0.25) is 0 Å². The quantitative estimate of drug-likeness (QED) is 0.749. The smallest absolute Gasteiger partial charge is 0.128 e. The van der Waals surface area contributed by atoms with E-state index in [2.05, 4.69) is 43.4 Å². The number of halogens is 1. The summed E-state index contributed by atoms with van der Waals surface area (Å²) in [5.74, 6) is 0.148. The van der Waals surface area contributed by atoms with Crippen LogP contribution in [0.25, 0.3) is 0 Å². The fraction of sp³-hybridized carbons (Fsp3) is 0.368. The maximum Gasteiger partial charge on any atom is 0.128 e. The number of benzene rings is 2. The standard InChI is InChI=1S/C19H24FN/c1-3-14-21-19(17-12-8-9-13-18(17)20)16(4-2)15-10-6-5-7-11-15/h5-13,16,19,21H,3-4,14H2,1-2H3. The van der Waals surface area contributed by atoms with Gasteiger partial charge in [0.15, 0.2) is 0 Å². The Kier molecular flexibility index (Phi) is 5.94. The number of rotatable bonds is 7. The predicted octanol–water partition coefficient (Wildman–Crippen LogP) is 5.06. The summed E-state index contributed by atoms with van der Waals surface area (Å²) in [6.45, 7) is 5.19. The van der Waals surface area contributed by atoms with Crippen molar-refractivity contribution in [2.75, 3.05) is 6.54 Å². The molecule has 0 spiro atoms. The maximum absolute atomic E-state index is 14.2. The molecular weight excluding hydrogens is 261 g/mol. The van der Waals surface area contributed by atoms with Gasteiger partial charge in [0.05, 0.1) is 0 Å². The number of hydrogen-bond donors (Lipinski definition) is 1.